The lowest BCUT2D eigenvalue weighted by Crippen LogP contribution is -2.41. The molecule has 5 nitrogen and oxygen atoms in total. The second kappa shape index (κ2) is 3.57. The molecule has 0 radical (unpaired) electrons. The van der Waals surface area contributed by atoms with E-state index in [2.05, 4.69) is 10.3 Å². The van der Waals surface area contributed by atoms with E-state index in [9.17, 15) is 0 Å². The smallest absolute Gasteiger partial charge is 0.398 e. The molecule has 1 aromatic heterocycles. The minimum Gasteiger partial charge on any atom is -0.398 e. The second-order valence-corrected chi connectivity index (χ2v) is 5.06. The molecule has 1 aliphatic heterocycles. The van der Waals surface area contributed by atoms with Gasteiger partial charge in [-0.2, -0.15) is 0 Å². The molecule has 88 valence electrons. The summed E-state index contributed by atoms with van der Waals surface area (Å²) >= 11 is 0. The lowest BCUT2D eigenvalue weighted by atomic mass is 9.85. The summed E-state index contributed by atoms with van der Waals surface area (Å²) in [6.07, 6.45) is 1.70. The molecule has 0 saturated carbocycles. The van der Waals surface area contributed by atoms with Gasteiger partial charge in [0.15, 0.2) is 0 Å². The normalized spacial score (nSPS) is 22.7. The fourth-order valence-corrected chi connectivity index (χ4v) is 1.66. The summed E-state index contributed by atoms with van der Waals surface area (Å²) in [5, 5.41) is 7.87. The van der Waals surface area contributed by atoms with Crippen LogP contribution in [-0.2, 0) is 15.9 Å². The van der Waals surface area contributed by atoms with E-state index in [0.29, 0.717) is 0 Å². The summed E-state index contributed by atoms with van der Waals surface area (Å²) in [4.78, 5) is 0. The van der Waals surface area contributed by atoms with Crippen LogP contribution in [0.4, 0.5) is 0 Å². The first-order valence-corrected chi connectivity index (χ1v) is 5.61. The lowest BCUT2D eigenvalue weighted by molar-refractivity contribution is 0.00578. The van der Waals surface area contributed by atoms with Gasteiger partial charge < -0.3 is 9.31 Å². The van der Waals surface area contributed by atoms with Gasteiger partial charge in [0, 0.05) is 6.54 Å². The molecule has 2 rings (SSSR count). The molecule has 0 bridgehead atoms. The van der Waals surface area contributed by atoms with Crippen LogP contribution < -0.4 is 5.59 Å². The summed E-state index contributed by atoms with van der Waals surface area (Å²) in [7, 11) is -0.375. The molecule has 1 aromatic rings. The third-order valence-corrected chi connectivity index (χ3v) is 3.44. The van der Waals surface area contributed by atoms with E-state index in [0.717, 1.165) is 12.1 Å². The van der Waals surface area contributed by atoms with Crippen LogP contribution in [-0.4, -0.2) is 33.3 Å². The zero-order chi connectivity index (χ0) is 12.0. The van der Waals surface area contributed by atoms with Crippen LogP contribution >= 0.6 is 0 Å². The molecule has 2 heterocycles. The summed E-state index contributed by atoms with van der Waals surface area (Å²) in [5.41, 5.74) is 0.238. The van der Waals surface area contributed by atoms with E-state index in [1.807, 2.05) is 34.6 Å². The van der Waals surface area contributed by atoms with Crippen molar-refractivity contribution < 1.29 is 9.31 Å². The highest BCUT2D eigenvalue weighted by atomic mass is 16.7. The summed E-state index contributed by atoms with van der Waals surface area (Å²) in [6, 6.07) is 0. The Hall–Kier alpha value is -0.875. The Morgan fingerprint density at radius 2 is 1.81 bits per heavy atom. The molecular weight excluding hydrogens is 205 g/mol. The standard InChI is InChI=1S/C10H18BN3O2/c1-6-14-8(7-12-13-14)11-15-9(2,3)10(4,5)16-11/h7H,6H2,1-5H3. The molecule has 0 amide bonds. The summed E-state index contributed by atoms with van der Waals surface area (Å²) < 4.78 is 13.6. The van der Waals surface area contributed by atoms with Gasteiger partial charge in [-0.25, -0.2) is 0 Å². The van der Waals surface area contributed by atoms with Gasteiger partial charge in [-0.05, 0) is 34.6 Å². The molecule has 0 atom stereocenters. The molecule has 0 N–H and O–H groups in total. The average Bonchev–Trinajstić information content (AvgIpc) is 2.69. The zero-order valence-electron chi connectivity index (χ0n) is 10.5. The number of hydrogen-bond acceptors (Lipinski definition) is 4. The molecule has 6 heteroatoms. The molecular formula is C10H18BN3O2. The van der Waals surface area contributed by atoms with Gasteiger partial charge in [-0.15, -0.1) is 5.10 Å². The highest BCUT2D eigenvalue weighted by molar-refractivity contribution is 6.61. The molecule has 1 fully saturated rings. The maximum absolute atomic E-state index is 5.93. The third kappa shape index (κ3) is 1.66. The summed E-state index contributed by atoms with van der Waals surface area (Å²) in [6.45, 7) is 10.9. The van der Waals surface area contributed by atoms with Gasteiger partial charge in [-0.1, -0.05) is 5.21 Å². The molecule has 0 aromatic carbocycles. The molecule has 16 heavy (non-hydrogen) atoms. The van der Waals surface area contributed by atoms with Crippen molar-refractivity contribution in [3.8, 4) is 0 Å². The molecule has 0 unspecified atom stereocenters. The number of aryl methyl sites for hydroxylation is 1. The van der Waals surface area contributed by atoms with Crippen molar-refractivity contribution in [2.24, 2.45) is 0 Å². The van der Waals surface area contributed by atoms with Crippen LogP contribution in [0.2, 0.25) is 0 Å². The Bertz CT molecular complexity index is 373. The van der Waals surface area contributed by atoms with Crippen LogP contribution in [0.1, 0.15) is 34.6 Å². The number of aromatic nitrogens is 3. The van der Waals surface area contributed by atoms with Crippen molar-refractivity contribution in [1.82, 2.24) is 15.0 Å². The fraction of sp³-hybridized carbons (Fsp3) is 0.800. The molecule has 1 saturated heterocycles. The van der Waals surface area contributed by atoms with Gasteiger partial charge >= 0.3 is 7.12 Å². The maximum Gasteiger partial charge on any atom is 0.515 e. The second-order valence-electron chi connectivity index (χ2n) is 5.06. The van der Waals surface area contributed by atoms with E-state index in [-0.39, 0.29) is 18.3 Å². The average molecular weight is 223 g/mol. The molecule has 0 aliphatic carbocycles. The van der Waals surface area contributed by atoms with Crippen molar-refractivity contribution in [1.29, 1.82) is 0 Å². The zero-order valence-corrected chi connectivity index (χ0v) is 10.5. The van der Waals surface area contributed by atoms with Gasteiger partial charge in [0.1, 0.15) is 0 Å². The fourth-order valence-electron chi connectivity index (χ4n) is 1.66. The predicted molar refractivity (Wildman–Crippen MR) is 61.4 cm³/mol. The van der Waals surface area contributed by atoms with Crippen LogP contribution in [0.5, 0.6) is 0 Å². The largest absolute Gasteiger partial charge is 0.515 e. The minimum atomic E-state index is -0.375. The highest BCUT2D eigenvalue weighted by Crippen LogP contribution is 2.36. The first kappa shape index (κ1) is 11.6. The first-order chi connectivity index (χ1) is 7.37. The highest BCUT2D eigenvalue weighted by Gasteiger charge is 2.52. The Balaban J connectivity index is 2.27. The summed E-state index contributed by atoms with van der Waals surface area (Å²) in [5.74, 6) is 0. The third-order valence-electron chi connectivity index (χ3n) is 3.44. The quantitative estimate of drug-likeness (QED) is 0.689. The van der Waals surface area contributed by atoms with Crippen LogP contribution in [0, 0.1) is 0 Å². The number of hydrogen-bond donors (Lipinski definition) is 0. The topological polar surface area (TPSA) is 49.2 Å². The molecule has 1 aliphatic rings. The van der Waals surface area contributed by atoms with E-state index in [4.69, 9.17) is 9.31 Å². The Kier molecular flexibility index (Phi) is 2.59. The van der Waals surface area contributed by atoms with E-state index < -0.39 is 0 Å². The minimum absolute atomic E-state index is 0.319. The Morgan fingerprint density at radius 3 is 2.31 bits per heavy atom. The van der Waals surface area contributed by atoms with Gasteiger partial charge in [0.05, 0.1) is 23.0 Å². The monoisotopic (exact) mass is 223 g/mol. The van der Waals surface area contributed by atoms with Gasteiger partial charge in [0.2, 0.25) is 0 Å². The van der Waals surface area contributed by atoms with Crippen molar-refractivity contribution >= 4 is 12.7 Å². The van der Waals surface area contributed by atoms with Crippen molar-refractivity contribution in [2.75, 3.05) is 0 Å². The Labute approximate surface area is 96.3 Å². The molecule has 0 spiro atoms. The van der Waals surface area contributed by atoms with E-state index in [1.165, 1.54) is 0 Å². The van der Waals surface area contributed by atoms with E-state index >= 15 is 0 Å². The maximum atomic E-state index is 5.93. The van der Waals surface area contributed by atoms with Crippen LogP contribution in [0.25, 0.3) is 0 Å². The lowest BCUT2D eigenvalue weighted by Gasteiger charge is -2.32. The van der Waals surface area contributed by atoms with Gasteiger partial charge in [-0.3, -0.25) is 4.68 Å². The first-order valence-electron chi connectivity index (χ1n) is 5.61. The number of rotatable bonds is 2. The van der Waals surface area contributed by atoms with Gasteiger partial charge in [0.25, 0.3) is 0 Å². The SMILES string of the molecule is CCn1nncc1B1OC(C)(C)C(C)(C)O1. The Morgan fingerprint density at radius 1 is 1.25 bits per heavy atom. The predicted octanol–water partition coefficient (Wildman–Crippen LogP) is 0.597. The van der Waals surface area contributed by atoms with Crippen molar-refractivity contribution in [3.05, 3.63) is 6.20 Å². The van der Waals surface area contributed by atoms with E-state index in [1.54, 1.807) is 10.9 Å². The van der Waals surface area contributed by atoms with Crippen molar-refractivity contribution in [3.63, 3.8) is 0 Å². The van der Waals surface area contributed by atoms with Crippen LogP contribution in [0.3, 0.4) is 0 Å². The van der Waals surface area contributed by atoms with Crippen molar-refractivity contribution in [2.45, 2.75) is 52.4 Å². The van der Waals surface area contributed by atoms with Crippen LogP contribution in [0.15, 0.2) is 6.20 Å². The number of nitrogens with zero attached hydrogens (tertiary/aromatic N) is 3.